The minimum Gasteiger partial charge on any atom is -0.460 e. The van der Waals surface area contributed by atoms with Crippen molar-refractivity contribution >= 4 is 23.2 Å². The molecule has 0 bridgehead atoms. The van der Waals surface area contributed by atoms with Gasteiger partial charge in [0, 0.05) is 23.2 Å². The van der Waals surface area contributed by atoms with E-state index < -0.39 is 0 Å². The predicted octanol–water partition coefficient (Wildman–Crippen LogP) is 4.83. The summed E-state index contributed by atoms with van der Waals surface area (Å²) in [5.74, 6) is 1.70. The molecule has 124 valence electrons. The second-order valence-electron chi connectivity index (χ2n) is 5.95. The smallest absolute Gasteiger partial charge is 0.135 e. The first-order chi connectivity index (χ1) is 11.2. The summed E-state index contributed by atoms with van der Waals surface area (Å²) in [5, 5.41) is 4.74. The fourth-order valence-corrected chi connectivity index (χ4v) is 3.71. The van der Waals surface area contributed by atoms with Crippen LogP contribution >= 0.6 is 23.2 Å². The molecule has 1 N–H and O–H groups in total. The van der Waals surface area contributed by atoms with Gasteiger partial charge < -0.3 is 9.73 Å². The van der Waals surface area contributed by atoms with Crippen LogP contribution in [0.3, 0.4) is 0 Å². The van der Waals surface area contributed by atoms with E-state index >= 15 is 0 Å². The third kappa shape index (κ3) is 4.10. The van der Waals surface area contributed by atoms with E-state index in [0.29, 0.717) is 16.1 Å². The first kappa shape index (κ1) is 16.8. The first-order valence-corrected chi connectivity index (χ1v) is 8.92. The van der Waals surface area contributed by atoms with Crippen LogP contribution in [0.25, 0.3) is 11.3 Å². The number of hydrogen-bond donors (Lipinski definition) is 1. The molecule has 0 saturated carbocycles. The zero-order valence-corrected chi connectivity index (χ0v) is 14.8. The van der Waals surface area contributed by atoms with Crippen LogP contribution in [0.4, 0.5) is 0 Å². The summed E-state index contributed by atoms with van der Waals surface area (Å²) in [7, 11) is 0. The van der Waals surface area contributed by atoms with Crippen LogP contribution < -0.4 is 5.32 Å². The van der Waals surface area contributed by atoms with Crippen molar-refractivity contribution in [3.8, 4) is 11.3 Å². The summed E-state index contributed by atoms with van der Waals surface area (Å²) in [6.45, 7) is 6.33. The van der Waals surface area contributed by atoms with Gasteiger partial charge in [0.2, 0.25) is 0 Å². The standard InChI is InChI=1S/C18H22Cl2N2O/c1-2-22-9-3-4-14(22)11-21-12-15-6-8-18(23-15)16-7-5-13(19)10-17(16)20/h5-8,10,14,21H,2-4,9,11-12H2,1H3/t14-/m0/s1. The molecule has 1 aromatic carbocycles. The number of benzene rings is 1. The number of hydrogen-bond acceptors (Lipinski definition) is 3. The number of nitrogens with zero attached hydrogens (tertiary/aromatic N) is 1. The molecular weight excluding hydrogens is 331 g/mol. The Morgan fingerprint density at radius 2 is 2.13 bits per heavy atom. The van der Waals surface area contributed by atoms with Crippen LogP contribution in [-0.4, -0.2) is 30.6 Å². The van der Waals surface area contributed by atoms with Gasteiger partial charge in [-0.15, -0.1) is 0 Å². The molecule has 1 aliphatic heterocycles. The van der Waals surface area contributed by atoms with Gasteiger partial charge in [0.25, 0.3) is 0 Å². The molecule has 3 nitrogen and oxygen atoms in total. The van der Waals surface area contributed by atoms with E-state index in [0.717, 1.165) is 36.7 Å². The Labute approximate surface area is 147 Å². The molecule has 2 heterocycles. The molecule has 5 heteroatoms. The monoisotopic (exact) mass is 352 g/mol. The summed E-state index contributed by atoms with van der Waals surface area (Å²) in [4.78, 5) is 2.54. The van der Waals surface area contributed by atoms with Gasteiger partial charge in [-0.2, -0.15) is 0 Å². The maximum atomic E-state index is 6.23. The molecule has 1 aliphatic rings. The summed E-state index contributed by atoms with van der Waals surface area (Å²) in [6.07, 6.45) is 2.59. The van der Waals surface area contributed by atoms with Crippen LogP contribution in [-0.2, 0) is 6.54 Å². The number of furan rings is 1. The van der Waals surface area contributed by atoms with Gasteiger partial charge in [-0.25, -0.2) is 0 Å². The minimum atomic E-state index is 0.607. The highest BCUT2D eigenvalue weighted by atomic mass is 35.5. The molecule has 1 saturated heterocycles. The maximum Gasteiger partial charge on any atom is 0.135 e. The molecule has 1 aromatic heterocycles. The van der Waals surface area contributed by atoms with Crippen molar-refractivity contribution in [2.24, 2.45) is 0 Å². The average Bonchev–Trinajstić information content (AvgIpc) is 3.16. The second kappa shape index (κ2) is 7.71. The van der Waals surface area contributed by atoms with Crippen molar-refractivity contribution < 1.29 is 4.42 Å². The van der Waals surface area contributed by atoms with Gasteiger partial charge in [0.05, 0.1) is 11.6 Å². The normalized spacial score (nSPS) is 18.7. The topological polar surface area (TPSA) is 28.4 Å². The molecule has 0 radical (unpaired) electrons. The third-order valence-corrected chi connectivity index (χ3v) is 4.99. The van der Waals surface area contributed by atoms with Crippen molar-refractivity contribution in [3.63, 3.8) is 0 Å². The van der Waals surface area contributed by atoms with Gasteiger partial charge in [-0.1, -0.05) is 30.1 Å². The number of halogens is 2. The highest BCUT2D eigenvalue weighted by molar-refractivity contribution is 6.36. The summed E-state index contributed by atoms with van der Waals surface area (Å²) in [5.41, 5.74) is 0.871. The van der Waals surface area contributed by atoms with E-state index in [1.165, 1.54) is 19.4 Å². The van der Waals surface area contributed by atoms with E-state index in [1.807, 2.05) is 24.3 Å². The van der Waals surface area contributed by atoms with E-state index in [2.05, 4.69) is 17.1 Å². The fourth-order valence-electron chi connectivity index (χ4n) is 3.21. The number of nitrogens with one attached hydrogen (secondary N) is 1. The van der Waals surface area contributed by atoms with E-state index in [1.54, 1.807) is 6.07 Å². The highest BCUT2D eigenvalue weighted by Crippen LogP contribution is 2.31. The SMILES string of the molecule is CCN1CCC[C@H]1CNCc1ccc(-c2ccc(Cl)cc2Cl)o1. The van der Waals surface area contributed by atoms with E-state index in [9.17, 15) is 0 Å². The van der Waals surface area contributed by atoms with Gasteiger partial charge in [-0.3, -0.25) is 4.90 Å². The zero-order chi connectivity index (χ0) is 16.2. The summed E-state index contributed by atoms with van der Waals surface area (Å²) >= 11 is 12.2. The van der Waals surface area contributed by atoms with Crippen molar-refractivity contribution in [2.75, 3.05) is 19.6 Å². The number of likely N-dealkylation sites (N-methyl/N-ethyl adjacent to an activating group) is 1. The van der Waals surface area contributed by atoms with E-state index in [4.69, 9.17) is 27.6 Å². The van der Waals surface area contributed by atoms with Crippen molar-refractivity contribution in [3.05, 3.63) is 46.1 Å². The van der Waals surface area contributed by atoms with Crippen LogP contribution in [0.2, 0.25) is 10.0 Å². The molecule has 2 aromatic rings. The van der Waals surface area contributed by atoms with Crippen LogP contribution in [0.5, 0.6) is 0 Å². The van der Waals surface area contributed by atoms with Gasteiger partial charge in [-0.05, 0) is 56.3 Å². The molecule has 0 aliphatic carbocycles. The number of rotatable bonds is 6. The Morgan fingerprint density at radius 1 is 1.26 bits per heavy atom. The molecule has 1 fully saturated rings. The van der Waals surface area contributed by atoms with Gasteiger partial charge >= 0.3 is 0 Å². The van der Waals surface area contributed by atoms with Crippen LogP contribution in [0, 0.1) is 0 Å². The highest BCUT2D eigenvalue weighted by Gasteiger charge is 2.22. The largest absolute Gasteiger partial charge is 0.460 e. The Kier molecular flexibility index (Phi) is 5.65. The lowest BCUT2D eigenvalue weighted by Gasteiger charge is -2.22. The van der Waals surface area contributed by atoms with Crippen molar-refractivity contribution in [1.29, 1.82) is 0 Å². The van der Waals surface area contributed by atoms with Crippen LogP contribution in [0.15, 0.2) is 34.7 Å². The third-order valence-electron chi connectivity index (χ3n) is 4.44. The zero-order valence-electron chi connectivity index (χ0n) is 13.3. The van der Waals surface area contributed by atoms with Crippen LogP contribution in [0.1, 0.15) is 25.5 Å². The second-order valence-corrected chi connectivity index (χ2v) is 6.79. The predicted molar refractivity (Wildman–Crippen MR) is 96.1 cm³/mol. The minimum absolute atomic E-state index is 0.607. The lowest BCUT2D eigenvalue weighted by Crippen LogP contribution is -2.37. The van der Waals surface area contributed by atoms with Crippen molar-refractivity contribution in [2.45, 2.75) is 32.4 Å². The quantitative estimate of drug-likeness (QED) is 0.807. The Balaban J connectivity index is 1.57. The summed E-state index contributed by atoms with van der Waals surface area (Å²) < 4.78 is 5.90. The Bertz CT molecular complexity index is 656. The lowest BCUT2D eigenvalue weighted by atomic mass is 10.2. The molecule has 1 atom stereocenters. The fraction of sp³-hybridized carbons (Fsp3) is 0.444. The Morgan fingerprint density at radius 3 is 2.91 bits per heavy atom. The van der Waals surface area contributed by atoms with Gasteiger partial charge in [0.15, 0.2) is 0 Å². The Hall–Kier alpha value is -1.00. The van der Waals surface area contributed by atoms with Gasteiger partial charge in [0.1, 0.15) is 11.5 Å². The molecular formula is C18H22Cl2N2O. The molecule has 0 unspecified atom stereocenters. The molecule has 0 spiro atoms. The lowest BCUT2D eigenvalue weighted by molar-refractivity contribution is 0.258. The molecule has 23 heavy (non-hydrogen) atoms. The first-order valence-electron chi connectivity index (χ1n) is 8.16. The summed E-state index contributed by atoms with van der Waals surface area (Å²) in [6, 6.07) is 10.1. The van der Waals surface area contributed by atoms with E-state index in [-0.39, 0.29) is 0 Å². The van der Waals surface area contributed by atoms with Crippen molar-refractivity contribution in [1.82, 2.24) is 10.2 Å². The molecule has 0 amide bonds. The maximum absolute atomic E-state index is 6.23. The number of likely N-dealkylation sites (tertiary alicyclic amines) is 1. The molecule has 3 rings (SSSR count). The average molecular weight is 353 g/mol.